The molecule has 0 saturated carbocycles. The van der Waals surface area contributed by atoms with Crippen LogP contribution in [0.4, 0.5) is 14.5 Å². The van der Waals surface area contributed by atoms with Gasteiger partial charge in [-0.15, -0.1) is 0 Å². The van der Waals surface area contributed by atoms with Crippen molar-refractivity contribution in [1.82, 2.24) is 0 Å². The first-order valence-electron chi connectivity index (χ1n) is 5.81. The molecule has 4 nitrogen and oxygen atoms in total. The highest BCUT2D eigenvalue weighted by Crippen LogP contribution is 2.14. The van der Waals surface area contributed by atoms with Gasteiger partial charge in [-0.2, -0.15) is 0 Å². The Morgan fingerprint density at radius 1 is 1.33 bits per heavy atom. The number of quaternary nitrogens is 1. The van der Waals surface area contributed by atoms with Gasteiger partial charge in [0, 0.05) is 6.07 Å². The first-order valence-corrected chi connectivity index (χ1v) is 5.81. The molecule has 0 unspecified atom stereocenters. The molecule has 1 heterocycles. The first-order chi connectivity index (χ1) is 8.65. The van der Waals surface area contributed by atoms with Crippen LogP contribution in [0.1, 0.15) is 0 Å². The number of halogens is 2. The molecule has 1 fully saturated rings. The number of morpholine rings is 1. The van der Waals surface area contributed by atoms with E-state index in [0.29, 0.717) is 13.2 Å². The molecule has 2 rings (SSSR count). The van der Waals surface area contributed by atoms with Gasteiger partial charge in [-0.3, -0.25) is 4.79 Å². The number of hydrogen-bond acceptors (Lipinski definition) is 2. The fraction of sp³-hybridized carbons (Fsp3) is 0.417. The van der Waals surface area contributed by atoms with Crippen molar-refractivity contribution in [2.45, 2.75) is 0 Å². The van der Waals surface area contributed by atoms with Crippen LogP contribution in [-0.4, -0.2) is 38.8 Å². The number of carbonyl (C=O) groups excluding carboxylic acids is 1. The molecular weight excluding hydrogens is 242 g/mol. The summed E-state index contributed by atoms with van der Waals surface area (Å²) in [4.78, 5) is 12.8. The summed E-state index contributed by atoms with van der Waals surface area (Å²) >= 11 is 0. The Labute approximate surface area is 104 Å². The smallest absolute Gasteiger partial charge is 0.279 e. The van der Waals surface area contributed by atoms with E-state index >= 15 is 0 Å². The minimum atomic E-state index is -0.637. The minimum Gasteiger partial charge on any atom is -0.370 e. The monoisotopic (exact) mass is 257 g/mol. The molecule has 0 atom stereocenters. The maximum atomic E-state index is 13.3. The Bertz CT molecular complexity index is 434. The summed E-state index contributed by atoms with van der Waals surface area (Å²) in [5.41, 5.74) is -0.118. The lowest BCUT2D eigenvalue weighted by Gasteiger charge is -2.23. The standard InChI is InChI=1S/C12H14F2N2O2/c13-9-1-2-10(14)11(7-9)15-12(17)8-16-3-5-18-6-4-16/h1-2,7H,3-6,8H2,(H,15,17)/p+1. The van der Waals surface area contributed by atoms with Gasteiger partial charge in [0.15, 0.2) is 6.54 Å². The number of nitrogens with one attached hydrogen (secondary N) is 2. The van der Waals surface area contributed by atoms with Gasteiger partial charge in [-0.05, 0) is 12.1 Å². The lowest BCUT2D eigenvalue weighted by molar-refractivity contribution is -0.899. The molecule has 0 aliphatic carbocycles. The zero-order valence-electron chi connectivity index (χ0n) is 9.84. The van der Waals surface area contributed by atoms with Gasteiger partial charge >= 0.3 is 0 Å². The molecule has 0 spiro atoms. The van der Waals surface area contributed by atoms with E-state index in [0.717, 1.165) is 36.2 Å². The summed E-state index contributed by atoms with van der Waals surface area (Å²) in [7, 11) is 0. The summed E-state index contributed by atoms with van der Waals surface area (Å²) in [6, 6.07) is 2.98. The number of benzene rings is 1. The zero-order valence-corrected chi connectivity index (χ0v) is 9.84. The Morgan fingerprint density at radius 3 is 2.78 bits per heavy atom. The summed E-state index contributed by atoms with van der Waals surface area (Å²) in [5, 5.41) is 2.38. The fourth-order valence-electron chi connectivity index (χ4n) is 1.85. The van der Waals surface area contributed by atoms with E-state index in [4.69, 9.17) is 4.74 Å². The summed E-state index contributed by atoms with van der Waals surface area (Å²) in [6.07, 6.45) is 0. The van der Waals surface area contributed by atoms with E-state index in [9.17, 15) is 13.6 Å². The largest absolute Gasteiger partial charge is 0.370 e. The van der Waals surface area contributed by atoms with Crippen LogP contribution in [0.5, 0.6) is 0 Å². The lowest BCUT2D eigenvalue weighted by Crippen LogP contribution is -3.15. The number of carbonyl (C=O) groups is 1. The maximum absolute atomic E-state index is 13.3. The molecule has 1 amide bonds. The van der Waals surface area contributed by atoms with Crippen molar-refractivity contribution >= 4 is 11.6 Å². The molecule has 0 aromatic heterocycles. The van der Waals surface area contributed by atoms with Gasteiger partial charge in [0.2, 0.25) is 0 Å². The van der Waals surface area contributed by atoms with E-state index in [1.165, 1.54) is 0 Å². The average Bonchev–Trinajstić information content (AvgIpc) is 2.35. The van der Waals surface area contributed by atoms with Crippen LogP contribution in [0.15, 0.2) is 18.2 Å². The zero-order chi connectivity index (χ0) is 13.0. The fourth-order valence-corrected chi connectivity index (χ4v) is 1.85. The van der Waals surface area contributed by atoms with Crippen molar-refractivity contribution < 1.29 is 23.2 Å². The number of amides is 1. The first kappa shape index (κ1) is 12.9. The molecule has 1 aliphatic rings. The van der Waals surface area contributed by atoms with Crippen molar-refractivity contribution in [3.63, 3.8) is 0 Å². The van der Waals surface area contributed by atoms with Gasteiger partial charge < -0.3 is 15.0 Å². The highest BCUT2D eigenvalue weighted by Gasteiger charge is 2.18. The molecule has 1 saturated heterocycles. The second-order valence-corrected chi connectivity index (χ2v) is 4.21. The molecule has 1 aliphatic heterocycles. The molecule has 1 aromatic rings. The van der Waals surface area contributed by atoms with E-state index in [1.807, 2.05) is 0 Å². The van der Waals surface area contributed by atoms with Crippen LogP contribution < -0.4 is 10.2 Å². The number of ether oxygens (including phenoxy) is 1. The summed E-state index contributed by atoms with van der Waals surface area (Å²) in [6.45, 7) is 2.98. The van der Waals surface area contributed by atoms with Crippen molar-refractivity contribution in [2.24, 2.45) is 0 Å². The predicted octanol–water partition coefficient (Wildman–Crippen LogP) is -0.182. The maximum Gasteiger partial charge on any atom is 0.279 e. The van der Waals surface area contributed by atoms with E-state index in [-0.39, 0.29) is 18.1 Å². The Hall–Kier alpha value is -1.53. The molecule has 0 bridgehead atoms. The summed E-state index contributed by atoms with van der Waals surface area (Å²) in [5.74, 6) is -1.54. The quantitative estimate of drug-likeness (QED) is 0.789. The molecule has 98 valence electrons. The SMILES string of the molecule is O=C(C[NH+]1CCOCC1)Nc1cc(F)ccc1F. The van der Waals surface area contributed by atoms with Gasteiger partial charge in [-0.25, -0.2) is 8.78 Å². The van der Waals surface area contributed by atoms with Crippen LogP contribution >= 0.6 is 0 Å². The minimum absolute atomic E-state index is 0.118. The number of rotatable bonds is 3. The molecular formula is C12H15F2N2O2+. The van der Waals surface area contributed by atoms with Gasteiger partial charge in [0.1, 0.15) is 24.7 Å². The second kappa shape index (κ2) is 5.88. The second-order valence-electron chi connectivity index (χ2n) is 4.21. The van der Waals surface area contributed by atoms with E-state index < -0.39 is 11.6 Å². The topological polar surface area (TPSA) is 42.8 Å². The molecule has 18 heavy (non-hydrogen) atoms. The van der Waals surface area contributed by atoms with Crippen molar-refractivity contribution in [3.05, 3.63) is 29.8 Å². The predicted molar refractivity (Wildman–Crippen MR) is 61.4 cm³/mol. The third-order valence-corrected chi connectivity index (χ3v) is 2.81. The number of hydrogen-bond donors (Lipinski definition) is 2. The molecule has 1 aromatic carbocycles. The number of anilines is 1. The Balaban J connectivity index is 1.92. The molecule has 2 N–H and O–H groups in total. The van der Waals surface area contributed by atoms with Crippen LogP contribution in [0.2, 0.25) is 0 Å². The third-order valence-electron chi connectivity index (χ3n) is 2.81. The lowest BCUT2D eigenvalue weighted by atomic mass is 10.3. The van der Waals surface area contributed by atoms with Crippen LogP contribution in [0, 0.1) is 11.6 Å². The van der Waals surface area contributed by atoms with Crippen molar-refractivity contribution in [2.75, 3.05) is 38.2 Å². The highest BCUT2D eigenvalue weighted by molar-refractivity contribution is 5.91. The highest BCUT2D eigenvalue weighted by atomic mass is 19.1. The van der Waals surface area contributed by atoms with Gasteiger partial charge in [-0.1, -0.05) is 0 Å². The summed E-state index contributed by atoms with van der Waals surface area (Å²) < 4.78 is 31.4. The Morgan fingerprint density at radius 2 is 2.06 bits per heavy atom. The average molecular weight is 257 g/mol. The van der Waals surface area contributed by atoms with Crippen LogP contribution in [0.25, 0.3) is 0 Å². The normalized spacial score (nSPS) is 16.6. The molecule has 6 heteroatoms. The van der Waals surface area contributed by atoms with Crippen LogP contribution in [-0.2, 0) is 9.53 Å². The third kappa shape index (κ3) is 3.48. The Kier molecular flexibility index (Phi) is 4.22. The van der Waals surface area contributed by atoms with E-state index in [1.54, 1.807) is 0 Å². The van der Waals surface area contributed by atoms with Crippen molar-refractivity contribution in [1.29, 1.82) is 0 Å². The molecule has 0 radical (unpaired) electrons. The van der Waals surface area contributed by atoms with Crippen molar-refractivity contribution in [3.8, 4) is 0 Å². The van der Waals surface area contributed by atoms with Gasteiger partial charge in [0.25, 0.3) is 5.91 Å². The van der Waals surface area contributed by atoms with Gasteiger partial charge in [0.05, 0.1) is 18.9 Å². The van der Waals surface area contributed by atoms with E-state index in [2.05, 4.69) is 5.32 Å². The van der Waals surface area contributed by atoms with Crippen LogP contribution in [0.3, 0.4) is 0 Å².